The van der Waals surface area contributed by atoms with Gasteiger partial charge in [-0.25, -0.2) is 0 Å². The van der Waals surface area contributed by atoms with Crippen LogP contribution in [0.5, 0.6) is 0 Å². The van der Waals surface area contributed by atoms with Crippen molar-refractivity contribution in [3.63, 3.8) is 0 Å². The third-order valence-corrected chi connectivity index (χ3v) is 9.02. The number of nitrogens with zero attached hydrogens (tertiary/aromatic N) is 4. The zero-order valence-corrected chi connectivity index (χ0v) is 20.8. The average molecular weight is 471 g/mol. The van der Waals surface area contributed by atoms with Crippen LogP contribution in [0.1, 0.15) is 62.4 Å². The fourth-order valence-corrected chi connectivity index (χ4v) is 6.84. The number of amides is 2. The van der Waals surface area contributed by atoms with Crippen molar-refractivity contribution >= 4 is 33.4 Å². The Hall–Kier alpha value is -1.86. The Morgan fingerprint density at radius 2 is 1.67 bits per heavy atom. The van der Waals surface area contributed by atoms with Gasteiger partial charge in [-0.3, -0.25) is 9.59 Å². The summed E-state index contributed by atoms with van der Waals surface area (Å²) in [5, 5.41) is 2.13. The molecule has 3 fully saturated rings. The molecule has 2 saturated heterocycles. The van der Waals surface area contributed by atoms with E-state index in [1.54, 1.807) is 11.3 Å². The summed E-state index contributed by atoms with van der Waals surface area (Å²) in [5.41, 5.74) is 2.06. The predicted octanol–water partition coefficient (Wildman–Crippen LogP) is 4.30. The van der Waals surface area contributed by atoms with Crippen LogP contribution in [0.3, 0.4) is 0 Å². The quantitative estimate of drug-likeness (QED) is 0.655. The monoisotopic (exact) mass is 470 g/mol. The highest BCUT2D eigenvalue weighted by molar-refractivity contribution is 7.17. The molecule has 0 bridgehead atoms. The molecule has 1 aliphatic carbocycles. The predicted molar refractivity (Wildman–Crippen MR) is 134 cm³/mol. The molecule has 2 aliphatic heterocycles. The Labute approximate surface area is 201 Å². The van der Waals surface area contributed by atoms with Crippen molar-refractivity contribution in [2.45, 2.75) is 58.4 Å². The largest absolute Gasteiger partial charge is 0.340 e. The lowest BCUT2D eigenvalue weighted by Gasteiger charge is -2.38. The van der Waals surface area contributed by atoms with E-state index in [1.165, 1.54) is 42.3 Å². The molecule has 5 rings (SSSR count). The first kappa shape index (κ1) is 22.9. The van der Waals surface area contributed by atoms with Gasteiger partial charge in [0.15, 0.2) is 0 Å². The Bertz CT molecular complexity index is 960. The highest BCUT2D eigenvalue weighted by Crippen LogP contribution is 2.32. The minimum atomic E-state index is 0.0692. The van der Waals surface area contributed by atoms with E-state index in [0.717, 1.165) is 57.8 Å². The molecule has 0 unspecified atom stereocenters. The van der Waals surface area contributed by atoms with Crippen molar-refractivity contribution in [2.24, 2.45) is 11.8 Å². The van der Waals surface area contributed by atoms with Crippen LogP contribution < -0.4 is 0 Å². The first-order chi connectivity index (χ1) is 16.1. The Morgan fingerprint density at radius 3 is 2.36 bits per heavy atom. The number of aromatic nitrogens is 1. The number of likely N-dealkylation sites (tertiary alicyclic amines) is 1. The summed E-state index contributed by atoms with van der Waals surface area (Å²) in [6.07, 6.45) is 8.11. The molecule has 180 valence electrons. The first-order valence-corrected chi connectivity index (χ1v) is 13.9. The highest BCUT2D eigenvalue weighted by Gasteiger charge is 2.33. The van der Waals surface area contributed by atoms with E-state index in [-0.39, 0.29) is 11.8 Å². The van der Waals surface area contributed by atoms with E-state index < -0.39 is 0 Å². The zero-order valence-electron chi connectivity index (χ0n) is 20.0. The molecular weight excluding hydrogens is 432 g/mol. The van der Waals surface area contributed by atoms with Gasteiger partial charge in [-0.05, 0) is 55.7 Å². The SMILES string of the molecule is CCN1CCN(C(=O)C2CCN(C(=O)c3cc4sccc4n3CC3CCCCC3)CC2)CC1. The maximum absolute atomic E-state index is 13.6. The third-order valence-electron chi connectivity index (χ3n) is 8.17. The number of fused-ring (bicyclic) bond motifs is 1. The minimum Gasteiger partial charge on any atom is -0.340 e. The number of thiophene rings is 1. The Morgan fingerprint density at radius 1 is 0.939 bits per heavy atom. The van der Waals surface area contributed by atoms with Gasteiger partial charge in [0.05, 0.1) is 10.2 Å². The van der Waals surface area contributed by atoms with Crippen LogP contribution in [0.2, 0.25) is 0 Å². The second kappa shape index (κ2) is 10.2. The van der Waals surface area contributed by atoms with Gasteiger partial charge < -0.3 is 19.3 Å². The number of carbonyl (C=O) groups is 2. The lowest BCUT2D eigenvalue weighted by Crippen LogP contribution is -2.51. The summed E-state index contributed by atoms with van der Waals surface area (Å²) >= 11 is 1.73. The number of piperidine rings is 1. The van der Waals surface area contributed by atoms with Gasteiger partial charge in [0, 0.05) is 51.7 Å². The van der Waals surface area contributed by atoms with Gasteiger partial charge in [0.1, 0.15) is 5.69 Å². The van der Waals surface area contributed by atoms with E-state index in [9.17, 15) is 9.59 Å². The summed E-state index contributed by atoms with van der Waals surface area (Å²) in [6.45, 7) is 9.22. The van der Waals surface area contributed by atoms with Gasteiger partial charge in [-0.15, -0.1) is 11.3 Å². The minimum absolute atomic E-state index is 0.0692. The summed E-state index contributed by atoms with van der Waals surface area (Å²) in [5.74, 6) is 1.20. The van der Waals surface area contributed by atoms with E-state index >= 15 is 0 Å². The van der Waals surface area contributed by atoms with Crippen LogP contribution in [0.15, 0.2) is 17.5 Å². The van der Waals surface area contributed by atoms with Crippen molar-refractivity contribution in [1.29, 1.82) is 0 Å². The van der Waals surface area contributed by atoms with E-state index in [4.69, 9.17) is 0 Å². The van der Waals surface area contributed by atoms with Crippen LogP contribution >= 0.6 is 11.3 Å². The standard InChI is InChI=1S/C26H38N4O2S/c1-2-27-13-15-29(16-14-27)25(31)21-8-11-28(12-9-21)26(32)23-18-24-22(10-17-33-24)30(23)19-20-6-4-3-5-7-20/h10,17-18,20-21H,2-9,11-16,19H2,1H3. The zero-order chi connectivity index (χ0) is 22.8. The van der Waals surface area contributed by atoms with Crippen molar-refractivity contribution in [1.82, 2.24) is 19.3 Å². The molecule has 0 radical (unpaired) electrons. The topological polar surface area (TPSA) is 48.8 Å². The van der Waals surface area contributed by atoms with Crippen LogP contribution in [-0.2, 0) is 11.3 Å². The fourth-order valence-electron chi connectivity index (χ4n) is 6.01. The molecule has 1 saturated carbocycles. The molecule has 2 amide bonds. The molecule has 2 aromatic heterocycles. The van der Waals surface area contributed by atoms with Gasteiger partial charge in [0.2, 0.25) is 5.91 Å². The molecule has 0 spiro atoms. The lowest BCUT2D eigenvalue weighted by atomic mass is 9.89. The summed E-state index contributed by atoms with van der Waals surface area (Å²) in [6, 6.07) is 4.28. The normalized spacial score (nSPS) is 21.7. The molecular formula is C26H38N4O2S. The smallest absolute Gasteiger partial charge is 0.270 e. The van der Waals surface area contributed by atoms with E-state index in [0.29, 0.717) is 24.9 Å². The fraction of sp³-hybridized carbons (Fsp3) is 0.692. The van der Waals surface area contributed by atoms with Crippen LogP contribution in [0, 0.1) is 11.8 Å². The van der Waals surface area contributed by atoms with Crippen molar-refractivity contribution < 1.29 is 9.59 Å². The second-order valence-corrected chi connectivity index (χ2v) is 11.1. The first-order valence-electron chi connectivity index (χ1n) is 13.0. The van der Waals surface area contributed by atoms with Crippen LogP contribution in [0.25, 0.3) is 10.2 Å². The molecule has 0 N–H and O–H groups in total. The molecule has 0 atom stereocenters. The highest BCUT2D eigenvalue weighted by atomic mass is 32.1. The Balaban J connectivity index is 1.22. The lowest BCUT2D eigenvalue weighted by molar-refractivity contribution is -0.138. The Kier molecular flexibility index (Phi) is 7.07. The average Bonchev–Trinajstić information content (AvgIpc) is 3.47. The number of likely N-dealkylation sites (N-methyl/N-ethyl adjacent to an activating group) is 1. The van der Waals surface area contributed by atoms with Gasteiger partial charge in [-0.2, -0.15) is 0 Å². The second-order valence-electron chi connectivity index (χ2n) is 10.1. The molecule has 7 heteroatoms. The third kappa shape index (κ3) is 4.85. The van der Waals surface area contributed by atoms with Gasteiger partial charge >= 0.3 is 0 Å². The van der Waals surface area contributed by atoms with Crippen LogP contribution in [0.4, 0.5) is 0 Å². The van der Waals surface area contributed by atoms with Gasteiger partial charge in [-0.1, -0.05) is 26.2 Å². The van der Waals surface area contributed by atoms with Gasteiger partial charge in [0.25, 0.3) is 5.91 Å². The molecule has 6 nitrogen and oxygen atoms in total. The molecule has 0 aromatic carbocycles. The summed E-state index contributed by atoms with van der Waals surface area (Å²) < 4.78 is 3.51. The summed E-state index contributed by atoms with van der Waals surface area (Å²) in [4.78, 5) is 33.1. The number of rotatable bonds is 5. The molecule has 3 aliphatic rings. The van der Waals surface area contributed by atoms with Crippen molar-refractivity contribution in [2.75, 3.05) is 45.8 Å². The van der Waals surface area contributed by atoms with Crippen molar-refractivity contribution in [3.05, 3.63) is 23.2 Å². The molecule has 33 heavy (non-hydrogen) atoms. The van der Waals surface area contributed by atoms with E-state index in [2.05, 4.69) is 38.8 Å². The molecule has 2 aromatic rings. The molecule has 4 heterocycles. The number of piperazine rings is 1. The summed E-state index contributed by atoms with van der Waals surface area (Å²) in [7, 11) is 0. The van der Waals surface area contributed by atoms with Crippen molar-refractivity contribution in [3.8, 4) is 0 Å². The van der Waals surface area contributed by atoms with E-state index in [1.807, 2.05) is 4.90 Å². The maximum atomic E-state index is 13.6. The number of hydrogen-bond acceptors (Lipinski definition) is 4. The number of carbonyl (C=O) groups excluding carboxylic acids is 2. The number of hydrogen-bond donors (Lipinski definition) is 0. The maximum Gasteiger partial charge on any atom is 0.270 e. The van der Waals surface area contributed by atoms with Crippen LogP contribution in [-0.4, -0.2) is 76.9 Å².